The number of hydrogen-bond donors (Lipinski definition) is 4. The molecule has 4 N–H and O–H groups in total. The highest BCUT2D eigenvalue weighted by Gasteiger charge is 2.54. The second kappa shape index (κ2) is 19.2. The summed E-state index contributed by atoms with van der Waals surface area (Å²) in [5, 5.41) is 29.3. The molecule has 0 bridgehead atoms. The molecule has 0 aromatic carbocycles. The lowest BCUT2D eigenvalue weighted by atomic mass is 9.77. The van der Waals surface area contributed by atoms with Crippen molar-refractivity contribution in [1.29, 1.82) is 0 Å². The van der Waals surface area contributed by atoms with Gasteiger partial charge in [-0.25, -0.2) is 4.99 Å². The van der Waals surface area contributed by atoms with Gasteiger partial charge in [-0.15, -0.1) is 0 Å². The molecule has 0 saturated carbocycles. The van der Waals surface area contributed by atoms with Crippen LogP contribution in [0, 0.1) is 23.7 Å². The number of fused-ring (bicyclic) bond motifs is 1. The van der Waals surface area contributed by atoms with E-state index in [1.165, 1.54) is 7.11 Å². The van der Waals surface area contributed by atoms with E-state index in [1.54, 1.807) is 39.6 Å². The molecule has 4 heterocycles. The van der Waals surface area contributed by atoms with E-state index >= 15 is 0 Å². The molecule has 15 atom stereocenters. The van der Waals surface area contributed by atoms with Crippen molar-refractivity contribution in [3.63, 3.8) is 0 Å². The van der Waals surface area contributed by atoms with E-state index in [1.807, 2.05) is 60.4 Å². The van der Waals surface area contributed by atoms with E-state index in [-0.39, 0.29) is 55.3 Å². The number of nitrogens with zero attached hydrogens (tertiary/aromatic N) is 3. The average Bonchev–Trinajstić information content (AvgIpc) is 3.41. The van der Waals surface area contributed by atoms with Crippen LogP contribution in [0.2, 0.25) is 0 Å². The summed E-state index contributed by atoms with van der Waals surface area (Å²) in [6.07, 6.45) is -4.81. The molecule has 0 aliphatic carbocycles. The molecular formula is C41H73N5O11. The van der Waals surface area contributed by atoms with Crippen molar-refractivity contribution in [3.05, 3.63) is 0 Å². The summed E-state index contributed by atoms with van der Waals surface area (Å²) in [5.74, 6) is -2.98. The lowest BCUT2D eigenvalue weighted by molar-refractivity contribution is -0.313. The zero-order valence-corrected chi connectivity index (χ0v) is 36.8. The van der Waals surface area contributed by atoms with Crippen LogP contribution >= 0.6 is 0 Å². The van der Waals surface area contributed by atoms with Crippen LogP contribution in [0.1, 0.15) is 102 Å². The van der Waals surface area contributed by atoms with Crippen LogP contribution in [-0.2, 0) is 42.8 Å². The number of nitrogens with one attached hydrogen (secondary N) is 2. The maximum atomic E-state index is 14.1. The Balaban J connectivity index is 1.79. The van der Waals surface area contributed by atoms with Gasteiger partial charge in [-0.1, -0.05) is 34.6 Å². The minimum Gasteiger partial charge on any atom is -0.454 e. The normalized spacial score (nSPS) is 42.6. The van der Waals surface area contributed by atoms with Crippen LogP contribution in [0.3, 0.4) is 0 Å². The predicted molar refractivity (Wildman–Crippen MR) is 213 cm³/mol. The highest BCUT2D eigenvalue weighted by atomic mass is 16.7. The second-order valence-electron chi connectivity index (χ2n) is 18.4. The number of carbonyl (C=O) groups excluding carboxylic acids is 3. The van der Waals surface area contributed by atoms with Crippen LogP contribution in [0.4, 0.5) is 0 Å². The Morgan fingerprint density at radius 1 is 1.00 bits per heavy atom. The largest absolute Gasteiger partial charge is 0.454 e. The third-order valence-corrected chi connectivity index (χ3v) is 12.1. The Labute approximate surface area is 340 Å². The van der Waals surface area contributed by atoms with Crippen LogP contribution in [0.15, 0.2) is 4.99 Å². The third kappa shape index (κ3) is 11.4. The summed E-state index contributed by atoms with van der Waals surface area (Å²) in [6.45, 7) is 20.5. The number of carbonyl (C=O) groups is 3. The van der Waals surface area contributed by atoms with E-state index < -0.39 is 84.0 Å². The number of ether oxygens (including phenoxy) is 6. The van der Waals surface area contributed by atoms with Gasteiger partial charge < -0.3 is 59.1 Å². The molecule has 57 heavy (non-hydrogen) atoms. The van der Waals surface area contributed by atoms with E-state index in [4.69, 9.17) is 33.4 Å². The molecule has 4 saturated heterocycles. The Morgan fingerprint density at radius 3 is 2.28 bits per heavy atom. The molecule has 0 spiro atoms. The first-order valence-corrected chi connectivity index (χ1v) is 20.8. The summed E-state index contributed by atoms with van der Waals surface area (Å²) in [6, 6.07) is -0.432. The molecule has 4 aliphatic heterocycles. The molecule has 328 valence electrons. The standard InChI is InChI=1S/C41H73N5O11/c1-21(2)15-28-37(50)45(12)20-23(5)17-40(10,51)35(57-38-33-29(16-24(6)53-38)46(13)39(56-33)43-22(3)4)25(7)32(26(8)36(49)42-19-30(47)44-28)55-31-18-41(11,52-14)34(48)27(9)54-31/h21-29,31-35,38,48,51H,15-20H2,1-14H3,(H,42,49)(H,44,47)/b43-39+/t23-,24-,25+,26?,27+,28+,29+,31+,32?,33-,34+,35-,38?,40-,41-/m1/s1. The van der Waals surface area contributed by atoms with Crippen LogP contribution in [-0.4, -0.2) is 157 Å². The Morgan fingerprint density at radius 2 is 1.67 bits per heavy atom. The number of aliphatic imine (C=N–C) groups is 1. The van der Waals surface area contributed by atoms with Gasteiger partial charge in [0.25, 0.3) is 6.02 Å². The highest BCUT2D eigenvalue weighted by Crippen LogP contribution is 2.40. The van der Waals surface area contributed by atoms with Crippen LogP contribution in [0.5, 0.6) is 0 Å². The van der Waals surface area contributed by atoms with Gasteiger partial charge in [0.2, 0.25) is 17.7 Å². The molecule has 0 radical (unpaired) electrons. The molecule has 4 fully saturated rings. The number of amidine groups is 1. The molecule has 3 unspecified atom stereocenters. The topological polar surface area (TPSA) is 190 Å². The number of hydrogen-bond acceptors (Lipinski definition) is 12. The summed E-state index contributed by atoms with van der Waals surface area (Å²) in [5.41, 5.74) is -2.58. The maximum absolute atomic E-state index is 14.1. The van der Waals surface area contributed by atoms with Crippen molar-refractivity contribution in [1.82, 2.24) is 20.4 Å². The van der Waals surface area contributed by atoms with Gasteiger partial charge in [0.15, 0.2) is 18.7 Å². The van der Waals surface area contributed by atoms with Crippen LogP contribution in [0.25, 0.3) is 0 Å². The molecule has 16 nitrogen and oxygen atoms in total. The molecular weight excluding hydrogens is 738 g/mol. The van der Waals surface area contributed by atoms with Gasteiger partial charge in [0.1, 0.15) is 12.1 Å². The van der Waals surface area contributed by atoms with E-state index in [2.05, 4.69) is 10.6 Å². The molecule has 16 heteroatoms. The van der Waals surface area contributed by atoms with Crippen molar-refractivity contribution >= 4 is 23.7 Å². The smallest absolute Gasteiger partial charge is 0.288 e. The molecule has 0 aromatic rings. The molecule has 3 amide bonds. The fraction of sp³-hybridized carbons (Fsp3) is 0.902. The maximum Gasteiger partial charge on any atom is 0.288 e. The number of amides is 3. The van der Waals surface area contributed by atoms with Gasteiger partial charge in [-0.3, -0.25) is 14.4 Å². The quantitative estimate of drug-likeness (QED) is 0.281. The number of aliphatic hydroxyl groups excluding tert-OH is 1. The lowest BCUT2D eigenvalue weighted by Gasteiger charge is -2.48. The summed E-state index contributed by atoms with van der Waals surface area (Å²) in [4.78, 5) is 49.4. The minimum absolute atomic E-state index is 0.0104. The van der Waals surface area contributed by atoms with E-state index in [9.17, 15) is 24.6 Å². The molecule has 4 rings (SSSR count). The van der Waals surface area contributed by atoms with Gasteiger partial charge in [0.05, 0.1) is 54.1 Å². The van der Waals surface area contributed by atoms with Gasteiger partial charge in [-0.05, 0) is 72.6 Å². The predicted octanol–water partition coefficient (Wildman–Crippen LogP) is 2.42. The van der Waals surface area contributed by atoms with Crippen molar-refractivity contribution in [2.24, 2.45) is 28.7 Å². The summed E-state index contributed by atoms with van der Waals surface area (Å²) >= 11 is 0. The van der Waals surface area contributed by atoms with Crippen molar-refractivity contribution < 1.29 is 53.0 Å². The second-order valence-corrected chi connectivity index (χ2v) is 18.4. The van der Waals surface area contributed by atoms with Gasteiger partial charge in [0, 0.05) is 46.1 Å². The monoisotopic (exact) mass is 812 g/mol. The van der Waals surface area contributed by atoms with Crippen molar-refractivity contribution in [2.45, 2.75) is 180 Å². The van der Waals surface area contributed by atoms with Gasteiger partial charge in [-0.2, -0.15) is 0 Å². The fourth-order valence-electron chi connectivity index (χ4n) is 9.07. The lowest BCUT2D eigenvalue weighted by Crippen LogP contribution is -2.60. The van der Waals surface area contributed by atoms with E-state index in [0.29, 0.717) is 25.4 Å². The Bertz CT molecular complexity index is 1410. The number of likely N-dealkylation sites (N-methyl/N-ethyl adjacent to an activating group) is 2. The Hall–Kier alpha value is -2.60. The number of rotatable bonds is 8. The van der Waals surface area contributed by atoms with Crippen molar-refractivity contribution in [3.8, 4) is 0 Å². The average molecular weight is 812 g/mol. The summed E-state index contributed by atoms with van der Waals surface area (Å²) in [7, 11) is 5.15. The zero-order valence-electron chi connectivity index (χ0n) is 36.8. The summed E-state index contributed by atoms with van der Waals surface area (Å²) < 4.78 is 38.6. The van der Waals surface area contributed by atoms with Crippen molar-refractivity contribution in [2.75, 3.05) is 34.3 Å². The Kier molecular flexibility index (Phi) is 15.9. The third-order valence-electron chi connectivity index (χ3n) is 12.1. The number of aliphatic hydroxyl groups is 2. The van der Waals surface area contributed by atoms with E-state index in [0.717, 1.165) is 0 Å². The molecule has 4 aliphatic rings. The SMILES string of the molecule is CO[C@]1(C)C[C@H](OC2C(C)C(=O)NCC(=O)N[C@@H](CC(C)C)C(=O)N(C)C[C@H](C)C[C@@](C)(O)[C@H](OC3O[C@H](C)C[C@H]4[C@H]3O/C(=N/C(C)C)N4C)[C@H]2C)O[C@@H](C)[C@@H]1O. The first-order chi connectivity index (χ1) is 26.5. The van der Waals surface area contributed by atoms with Gasteiger partial charge >= 0.3 is 0 Å². The first-order valence-electron chi connectivity index (χ1n) is 20.8. The molecule has 0 aromatic heterocycles. The highest BCUT2D eigenvalue weighted by molar-refractivity contribution is 5.90. The minimum atomic E-state index is -1.57. The zero-order chi connectivity index (χ0) is 42.7. The number of methoxy groups -OCH3 is 1. The first kappa shape index (κ1) is 47.1. The van der Waals surface area contributed by atoms with Crippen LogP contribution < -0.4 is 10.6 Å². The fourth-order valence-corrected chi connectivity index (χ4v) is 9.07.